The van der Waals surface area contributed by atoms with Crippen LogP contribution in [0.5, 0.6) is 17.2 Å². The largest absolute Gasteiger partial charge is 0.507 e. The van der Waals surface area contributed by atoms with Crippen molar-refractivity contribution in [1.82, 2.24) is 10.2 Å². The van der Waals surface area contributed by atoms with E-state index in [1.54, 1.807) is 24.3 Å². The number of ether oxygens (including phenoxy) is 3. The third-order valence-electron chi connectivity index (χ3n) is 7.26. The Kier molecular flexibility index (Phi) is 9.13. The topological polar surface area (TPSA) is 111 Å². The standard InChI is InChI=1S/C33H31N3O6S2/c1-2-3-7-15-40-24-12-8-11-22(18-24)28-27(29(37)23-13-14-25-26(19-23)42-17-16-41-25)30(38)31(39)36(28)32-34-35-33(44-32)43-20-21-9-5-4-6-10-21/h4-6,8-14,18-19,28,37H,2-3,7,15-17,20H2,1H3/b29-27+/t28-/m1/s1. The number of aliphatic hydroxyl groups is 1. The molecular formula is C33H31N3O6S2. The van der Waals surface area contributed by atoms with Crippen molar-refractivity contribution in [2.45, 2.75) is 42.3 Å². The van der Waals surface area contributed by atoms with Crippen LogP contribution in [0.2, 0.25) is 0 Å². The summed E-state index contributed by atoms with van der Waals surface area (Å²) < 4.78 is 18.0. The van der Waals surface area contributed by atoms with Crippen molar-refractivity contribution in [2.24, 2.45) is 0 Å². The molecule has 1 aromatic heterocycles. The molecule has 0 unspecified atom stereocenters. The molecule has 0 aliphatic carbocycles. The first-order chi connectivity index (χ1) is 21.5. The van der Waals surface area contributed by atoms with Crippen molar-refractivity contribution in [2.75, 3.05) is 24.7 Å². The Morgan fingerprint density at radius 2 is 1.82 bits per heavy atom. The number of carbonyl (C=O) groups is 2. The van der Waals surface area contributed by atoms with Gasteiger partial charge >= 0.3 is 5.91 Å². The number of hydrogen-bond donors (Lipinski definition) is 1. The van der Waals surface area contributed by atoms with Crippen molar-refractivity contribution >= 4 is 45.7 Å². The summed E-state index contributed by atoms with van der Waals surface area (Å²) in [5.41, 5.74) is 2.01. The number of Topliss-reactive ketones (excluding diaryl/α,β-unsaturated/α-hetero) is 1. The van der Waals surface area contributed by atoms with Crippen LogP contribution in [0.25, 0.3) is 5.76 Å². The van der Waals surface area contributed by atoms with Crippen molar-refractivity contribution < 1.29 is 28.9 Å². The molecular weight excluding hydrogens is 599 g/mol. The number of rotatable bonds is 11. The van der Waals surface area contributed by atoms with E-state index < -0.39 is 17.7 Å². The summed E-state index contributed by atoms with van der Waals surface area (Å²) in [4.78, 5) is 28.7. The number of aliphatic hydroxyl groups excluding tert-OH is 1. The number of ketones is 1. The molecule has 6 rings (SSSR count). The Morgan fingerprint density at radius 1 is 1.00 bits per heavy atom. The lowest BCUT2D eigenvalue weighted by molar-refractivity contribution is -0.132. The Hall–Kier alpha value is -4.35. The van der Waals surface area contributed by atoms with E-state index in [-0.39, 0.29) is 16.5 Å². The van der Waals surface area contributed by atoms with Gasteiger partial charge in [0, 0.05) is 11.3 Å². The summed E-state index contributed by atoms with van der Waals surface area (Å²) in [7, 11) is 0. The minimum absolute atomic E-state index is 0.0523. The van der Waals surface area contributed by atoms with Crippen LogP contribution in [0.15, 0.2) is 82.7 Å². The zero-order valence-electron chi connectivity index (χ0n) is 24.1. The highest BCUT2D eigenvalue weighted by molar-refractivity contribution is 8.00. The Labute approximate surface area is 263 Å². The first-order valence-electron chi connectivity index (χ1n) is 14.5. The van der Waals surface area contributed by atoms with E-state index in [0.717, 1.165) is 24.8 Å². The van der Waals surface area contributed by atoms with Crippen LogP contribution in [0.3, 0.4) is 0 Å². The molecule has 2 aliphatic heterocycles. The van der Waals surface area contributed by atoms with Crippen LogP contribution in [0, 0.1) is 0 Å². The second-order valence-electron chi connectivity index (χ2n) is 10.3. The smallest absolute Gasteiger partial charge is 0.301 e. The maximum Gasteiger partial charge on any atom is 0.301 e. The quantitative estimate of drug-likeness (QED) is 0.0478. The van der Waals surface area contributed by atoms with Gasteiger partial charge in [-0.25, -0.2) is 0 Å². The number of unbranched alkanes of at least 4 members (excludes halogenated alkanes) is 2. The van der Waals surface area contributed by atoms with Gasteiger partial charge in [-0.1, -0.05) is 85.3 Å². The van der Waals surface area contributed by atoms with E-state index in [9.17, 15) is 14.7 Å². The number of fused-ring (bicyclic) bond motifs is 1. The fraction of sp³-hybridized carbons (Fsp3) is 0.273. The molecule has 0 bridgehead atoms. The maximum atomic E-state index is 13.7. The monoisotopic (exact) mass is 629 g/mol. The number of aromatic nitrogens is 2. The predicted molar refractivity (Wildman–Crippen MR) is 170 cm³/mol. The maximum absolute atomic E-state index is 13.7. The summed E-state index contributed by atoms with van der Waals surface area (Å²) in [6.07, 6.45) is 3.04. The van der Waals surface area contributed by atoms with Crippen molar-refractivity contribution in [1.29, 1.82) is 0 Å². The molecule has 9 nitrogen and oxygen atoms in total. The van der Waals surface area contributed by atoms with Gasteiger partial charge in [-0.3, -0.25) is 14.5 Å². The van der Waals surface area contributed by atoms with Crippen LogP contribution in [-0.4, -0.2) is 46.8 Å². The molecule has 3 heterocycles. The van der Waals surface area contributed by atoms with Crippen molar-refractivity contribution in [3.63, 3.8) is 0 Å². The number of carbonyl (C=O) groups excluding carboxylic acids is 2. The molecule has 4 aromatic rings. The molecule has 2 aliphatic rings. The SMILES string of the molecule is CCCCCOc1cccc([C@@H]2/C(=C(\O)c3ccc4c(c3)OCCO4)C(=O)C(=O)N2c2nnc(SCc3ccccc3)s2)c1. The molecule has 1 atom stereocenters. The molecule has 1 saturated heterocycles. The average Bonchev–Trinajstić information content (AvgIpc) is 3.63. The van der Waals surface area contributed by atoms with Gasteiger partial charge in [-0.2, -0.15) is 0 Å². The van der Waals surface area contributed by atoms with E-state index >= 15 is 0 Å². The molecule has 1 amide bonds. The number of anilines is 1. The van der Waals surface area contributed by atoms with Gasteiger partial charge in [-0.05, 0) is 47.9 Å². The average molecular weight is 630 g/mol. The summed E-state index contributed by atoms with van der Waals surface area (Å²) in [6.45, 7) is 3.47. The lowest BCUT2D eigenvalue weighted by Crippen LogP contribution is -2.29. The van der Waals surface area contributed by atoms with Crippen molar-refractivity contribution in [3.05, 3.63) is 95.1 Å². The Bertz CT molecular complexity index is 1690. The molecule has 0 spiro atoms. The highest BCUT2D eigenvalue weighted by atomic mass is 32.2. The third kappa shape index (κ3) is 6.29. The van der Waals surface area contributed by atoms with E-state index in [1.807, 2.05) is 48.5 Å². The normalized spacial score (nSPS) is 17.2. The van der Waals surface area contributed by atoms with Gasteiger partial charge in [0.1, 0.15) is 24.7 Å². The van der Waals surface area contributed by atoms with Crippen molar-refractivity contribution in [3.8, 4) is 17.2 Å². The molecule has 44 heavy (non-hydrogen) atoms. The highest BCUT2D eigenvalue weighted by Gasteiger charge is 2.48. The summed E-state index contributed by atoms with van der Waals surface area (Å²) in [5, 5.41) is 20.5. The minimum atomic E-state index is -0.956. The first kappa shape index (κ1) is 29.7. The highest BCUT2D eigenvalue weighted by Crippen LogP contribution is 2.45. The van der Waals surface area contributed by atoms with Gasteiger partial charge in [0.25, 0.3) is 5.78 Å². The fourth-order valence-corrected chi connectivity index (χ4v) is 6.91. The van der Waals surface area contributed by atoms with E-state index in [2.05, 4.69) is 17.1 Å². The summed E-state index contributed by atoms with van der Waals surface area (Å²) in [6, 6.07) is 21.2. The number of thioether (sulfide) groups is 1. The number of nitrogens with zero attached hydrogens (tertiary/aromatic N) is 3. The predicted octanol–water partition coefficient (Wildman–Crippen LogP) is 6.80. The summed E-state index contributed by atoms with van der Waals surface area (Å²) >= 11 is 2.73. The van der Waals surface area contributed by atoms with Crippen LogP contribution >= 0.6 is 23.1 Å². The first-order valence-corrected chi connectivity index (χ1v) is 16.3. The lowest BCUT2D eigenvalue weighted by Gasteiger charge is -2.23. The number of amides is 1. The van der Waals surface area contributed by atoms with Gasteiger partial charge < -0.3 is 19.3 Å². The minimum Gasteiger partial charge on any atom is -0.507 e. The lowest BCUT2D eigenvalue weighted by atomic mass is 9.95. The zero-order valence-corrected chi connectivity index (χ0v) is 25.7. The van der Waals surface area contributed by atoms with Crippen LogP contribution in [-0.2, 0) is 15.3 Å². The fourth-order valence-electron chi connectivity index (χ4n) is 5.09. The Balaban J connectivity index is 1.38. The Morgan fingerprint density at radius 3 is 2.64 bits per heavy atom. The molecule has 226 valence electrons. The van der Waals surface area contributed by atoms with Crippen LogP contribution < -0.4 is 19.1 Å². The molecule has 1 fully saturated rings. The van der Waals surface area contributed by atoms with Gasteiger partial charge in [0.2, 0.25) is 5.13 Å². The summed E-state index contributed by atoms with van der Waals surface area (Å²) in [5.74, 6) is 0.374. The van der Waals surface area contributed by atoms with Gasteiger partial charge in [-0.15, -0.1) is 10.2 Å². The molecule has 11 heteroatoms. The van der Waals surface area contributed by atoms with E-state index in [4.69, 9.17) is 14.2 Å². The zero-order chi connectivity index (χ0) is 30.5. The molecule has 1 N–H and O–H groups in total. The van der Waals surface area contributed by atoms with E-state index in [0.29, 0.717) is 58.3 Å². The van der Waals surface area contributed by atoms with E-state index in [1.165, 1.54) is 28.0 Å². The third-order valence-corrected chi connectivity index (χ3v) is 9.38. The van der Waals surface area contributed by atoms with Crippen LogP contribution in [0.1, 0.15) is 48.9 Å². The second-order valence-corrected chi connectivity index (χ2v) is 12.5. The van der Waals surface area contributed by atoms with Gasteiger partial charge in [0.05, 0.1) is 18.2 Å². The number of hydrogen-bond acceptors (Lipinski definition) is 10. The molecule has 0 saturated carbocycles. The van der Waals surface area contributed by atoms with Crippen LogP contribution in [0.4, 0.5) is 5.13 Å². The second kappa shape index (κ2) is 13.5. The molecule has 0 radical (unpaired) electrons. The van der Waals surface area contributed by atoms with Gasteiger partial charge in [0.15, 0.2) is 15.8 Å². The molecule has 3 aromatic carbocycles. The number of benzene rings is 3.